The Hall–Kier alpha value is -2.35. The molecule has 2 unspecified atom stereocenters. The van der Waals surface area contributed by atoms with Gasteiger partial charge in [-0.05, 0) is 73.5 Å². The third-order valence-corrected chi connectivity index (χ3v) is 11.6. The number of hydrogen-bond donors (Lipinski definition) is 5. The molecule has 3 heterocycles. The summed E-state index contributed by atoms with van der Waals surface area (Å²) >= 11 is 0. The predicted octanol–water partition coefficient (Wildman–Crippen LogP) is 2.13. The van der Waals surface area contributed by atoms with E-state index in [1.54, 1.807) is 45.8 Å². The van der Waals surface area contributed by atoms with Gasteiger partial charge in [0.25, 0.3) is 0 Å². The monoisotopic (exact) mass is 828 g/mol. The normalized spacial score (nSPS) is 41.9. The molecule has 58 heavy (non-hydrogen) atoms. The fourth-order valence-corrected chi connectivity index (χ4v) is 8.26. The van der Waals surface area contributed by atoms with Gasteiger partial charge in [-0.1, -0.05) is 38.5 Å². The first-order chi connectivity index (χ1) is 27.2. The van der Waals surface area contributed by atoms with Crippen LogP contribution in [-0.2, 0) is 42.7 Å². The summed E-state index contributed by atoms with van der Waals surface area (Å²) in [5.41, 5.74) is 7.20. The number of nitrogens with zero attached hydrogens (tertiary/aromatic N) is 2. The average molecular weight is 828 g/mol. The molecule has 0 spiro atoms. The first-order valence-electron chi connectivity index (χ1n) is 20.7. The van der Waals surface area contributed by atoms with Crippen LogP contribution < -0.4 is 5.73 Å². The number of likely N-dealkylation sites (N-methyl/N-ethyl adjacent to an activating group) is 1. The number of nitrogens with two attached hydrogens (primary N) is 1. The first kappa shape index (κ1) is 50.0. The van der Waals surface area contributed by atoms with Crippen molar-refractivity contribution in [3.8, 4) is 0 Å². The highest BCUT2D eigenvalue weighted by Crippen LogP contribution is 2.35. The van der Waals surface area contributed by atoms with Crippen LogP contribution >= 0.6 is 0 Å². The van der Waals surface area contributed by atoms with E-state index in [1.807, 2.05) is 40.7 Å². The van der Waals surface area contributed by atoms with Gasteiger partial charge in [-0.15, -0.1) is 0 Å². The lowest BCUT2D eigenvalue weighted by atomic mass is 9.79. The zero-order valence-corrected chi connectivity index (χ0v) is 36.6. The van der Waals surface area contributed by atoms with Crippen LogP contribution in [0.4, 0.5) is 0 Å². The van der Waals surface area contributed by atoms with Gasteiger partial charge in [-0.25, -0.2) is 0 Å². The van der Waals surface area contributed by atoms with E-state index in [0.717, 1.165) is 5.57 Å². The number of ether oxygens (including phenoxy) is 7. The van der Waals surface area contributed by atoms with E-state index in [4.69, 9.17) is 38.9 Å². The van der Waals surface area contributed by atoms with Gasteiger partial charge in [0.15, 0.2) is 18.4 Å². The van der Waals surface area contributed by atoms with Gasteiger partial charge in [-0.3, -0.25) is 14.6 Å². The molecule has 16 heteroatoms. The number of aliphatic hydroxyl groups excluding tert-OH is 4. The van der Waals surface area contributed by atoms with Crippen LogP contribution in [0.3, 0.4) is 0 Å². The van der Waals surface area contributed by atoms with Crippen molar-refractivity contribution < 1.29 is 63.2 Å². The molecule has 17 atom stereocenters. The first-order valence-corrected chi connectivity index (χ1v) is 20.7. The molecule has 3 aliphatic heterocycles. The average Bonchev–Trinajstić information content (AvgIpc) is 3.15. The maximum Gasteiger partial charge on any atom is 0.308 e. The van der Waals surface area contributed by atoms with Crippen LogP contribution in [0.1, 0.15) is 81.1 Å². The molecule has 0 amide bonds. The molecule has 2 saturated heterocycles. The Morgan fingerprint density at radius 2 is 1.55 bits per heavy atom. The van der Waals surface area contributed by atoms with Crippen molar-refractivity contribution in [3.63, 3.8) is 0 Å². The van der Waals surface area contributed by atoms with E-state index in [2.05, 4.69) is 4.99 Å². The number of ketones is 1. The molecule has 6 N–H and O–H groups in total. The Labute approximate surface area is 345 Å². The highest BCUT2D eigenvalue weighted by Gasteiger charge is 2.48. The Balaban J connectivity index is 2.04. The number of aliphatic hydroxyl groups is 4. The Morgan fingerprint density at radius 3 is 2.14 bits per heavy atom. The number of rotatable bonds is 12. The summed E-state index contributed by atoms with van der Waals surface area (Å²) in [6.45, 7) is 14.5. The van der Waals surface area contributed by atoms with Gasteiger partial charge >= 0.3 is 5.97 Å². The van der Waals surface area contributed by atoms with Crippen LogP contribution in [0, 0.1) is 23.7 Å². The summed E-state index contributed by atoms with van der Waals surface area (Å²) in [6.07, 6.45) is -5.52. The van der Waals surface area contributed by atoms with Gasteiger partial charge in [0, 0.05) is 44.4 Å². The summed E-state index contributed by atoms with van der Waals surface area (Å²) in [6, 6.07) is -0.838. The number of carbonyl (C=O) groups is 2. The molecule has 16 nitrogen and oxygen atoms in total. The van der Waals surface area contributed by atoms with E-state index in [1.165, 1.54) is 20.3 Å². The molecule has 0 radical (unpaired) electrons. The van der Waals surface area contributed by atoms with E-state index in [0.29, 0.717) is 12.3 Å². The lowest BCUT2D eigenvalue weighted by molar-refractivity contribution is -0.304. The molecule has 334 valence electrons. The molecule has 0 aromatic carbocycles. The SMILES string of the molecule is CCC1OC(=O)C[C@@H](O)[C@H](C)C(O[C@@H]2O[C@H](C)[C@@H](O)[C@H](N(C)C)[C@H]2O)[C@@H](CC(N)=NC(C)C)C[C@@H](C)C(=O)/C=C\C(C)=C\[C@@H]1CO[C@@H]1O[C@H](C)[C@@H](O)[C@@H](OC)[C@H]1OC. The molecule has 0 aromatic rings. The summed E-state index contributed by atoms with van der Waals surface area (Å²) < 4.78 is 42.2. The fraction of sp³-hybridized carbons (Fsp3) is 0.833. The molecule has 2 fully saturated rings. The second-order valence-corrected chi connectivity index (χ2v) is 16.9. The fourth-order valence-electron chi connectivity index (χ4n) is 8.26. The van der Waals surface area contributed by atoms with Crippen molar-refractivity contribution in [3.05, 3.63) is 23.8 Å². The molecule has 0 aliphatic carbocycles. The molecule has 3 rings (SSSR count). The standard InChI is InChI=1S/C42H73N3O13/c1-13-31-28(20-54-42-40(53-12)39(52-11)36(50)26(8)56-42)16-22(4)14-15-29(46)23(5)17-27(18-32(43)44-21(2)3)38(24(6)30(47)19-33(48)57-31)58-41-37(51)34(45(9)10)35(49)25(7)55-41/h14-16,21,23-28,30-31,34-42,47,49-51H,13,17-20H2,1-12H3,(H2,43,44)/b15-14-,22-16+/t23-,24+,25-,26-,27-,28-,30-,31?,34+,35-,36-,37-,38?,39-,40-,41+,42-/m1/s1. The molecule has 0 saturated carbocycles. The van der Waals surface area contributed by atoms with Gasteiger partial charge in [0.05, 0.1) is 55.4 Å². The molecular weight excluding hydrogens is 754 g/mol. The molecule has 0 aromatic heterocycles. The number of allylic oxidation sites excluding steroid dienone is 3. The van der Waals surface area contributed by atoms with Gasteiger partial charge in [0.2, 0.25) is 0 Å². The summed E-state index contributed by atoms with van der Waals surface area (Å²) in [5.74, 6) is -2.83. The lowest BCUT2D eigenvalue weighted by Gasteiger charge is -2.46. The lowest BCUT2D eigenvalue weighted by Crippen LogP contribution is -2.63. The largest absolute Gasteiger partial charge is 0.462 e. The van der Waals surface area contributed by atoms with Gasteiger partial charge < -0.3 is 64.2 Å². The number of aliphatic imine (C=N–C) groups is 1. The third kappa shape index (κ3) is 13.3. The van der Waals surface area contributed by atoms with Crippen LogP contribution in [0.5, 0.6) is 0 Å². The molecule has 0 bridgehead atoms. The van der Waals surface area contributed by atoms with E-state index < -0.39 is 116 Å². The molecule has 3 aliphatic rings. The minimum Gasteiger partial charge on any atom is -0.462 e. The number of amidine groups is 1. The Morgan fingerprint density at radius 1 is 0.931 bits per heavy atom. The molecular formula is C42H73N3O13. The predicted molar refractivity (Wildman–Crippen MR) is 217 cm³/mol. The number of cyclic esters (lactones) is 1. The second-order valence-electron chi connectivity index (χ2n) is 16.9. The van der Waals surface area contributed by atoms with Crippen molar-refractivity contribution in [2.24, 2.45) is 34.4 Å². The van der Waals surface area contributed by atoms with Crippen LogP contribution in [-0.4, -0.2) is 164 Å². The quantitative estimate of drug-likeness (QED) is 0.108. The third-order valence-electron chi connectivity index (χ3n) is 11.6. The zero-order valence-electron chi connectivity index (χ0n) is 36.6. The van der Waals surface area contributed by atoms with Crippen molar-refractivity contribution >= 4 is 17.6 Å². The number of carbonyl (C=O) groups excluding carboxylic acids is 2. The highest BCUT2D eigenvalue weighted by atomic mass is 16.7. The van der Waals surface area contributed by atoms with Gasteiger partial charge in [0.1, 0.15) is 30.5 Å². The maximum absolute atomic E-state index is 13.8. The minimum absolute atomic E-state index is 0.0196. The van der Waals surface area contributed by atoms with Crippen molar-refractivity contribution in [1.29, 1.82) is 0 Å². The highest BCUT2D eigenvalue weighted by molar-refractivity contribution is 5.92. The van der Waals surface area contributed by atoms with Crippen molar-refractivity contribution in [2.45, 2.75) is 167 Å². The van der Waals surface area contributed by atoms with E-state index in [-0.39, 0.29) is 31.3 Å². The van der Waals surface area contributed by atoms with E-state index >= 15 is 0 Å². The topological polar surface area (TPSA) is 221 Å². The smallest absolute Gasteiger partial charge is 0.308 e. The van der Waals surface area contributed by atoms with Crippen LogP contribution in [0.2, 0.25) is 0 Å². The Bertz CT molecular complexity index is 1390. The van der Waals surface area contributed by atoms with Crippen molar-refractivity contribution in [1.82, 2.24) is 4.90 Å². The zero-order chi connectivity index (χ0) is 43.6. The number of esters is 1. The summed E-state index contributed by atoms with van der Waals surface area (Å²) in [4.78, 5) is 33.8. The number of methoxy groups -OCH3 is 2. The maximum atomic E-state index is 13.8. The van der Waals surface area contributed by atoms with Gasteiger partial charge in [-0.2, -0.15) is 0 Å². The summed E-state index contributed by atoms with van der Waals surface area (Å²) in [7, 11) is 6.43. The minimum atomic E-state index is -1.29. The van der Waals surface area contributed by atoms with Crippen molar-refractivity contribution in [2.75, 3.05) is 34.9 Å². The number of hydrogen-bond acceptors (Lipinski definition) is 15. The Kier molecular flexibility index (Phi) is 19.9. The summed E-state index contributed by atoms with van der Waals surface area (Å²) in [5, 5.41) is 44.8. The van der Waals surface area contributed by atoms with E-state index in [9.17, 15) is 30.0 Å². The second kappa shape index (κ2) is 23.0. The van der Waals surface area contributed by atoms with Crippen LogP contribution in [0.25, 0.3) is 0 Å². The van der Waals surface area contributed by atoms with Crippen LogP contribution in [0.15, 0.2) is 28.8 Å².